The summed E-state index contributed by atoms with van der Waals surface area (Å²) in [5, 5.41) is 0. The fraction of sp³-hybridized carbons (Fsp3) is 0.417. The Balaban J connectivity index is 1.56. The fourth-order valence-corrected chi connectivity index (χ4v) is 5.07. The van der Waals surface area contributed by atoms with Crippen LogP contribution in [0, 0.1) is 23.5 Å². The van der Waals surface area contributed by atoms with Crippen LogP contribution in [0.4, 0.5) is 0 Å². The first kappa shape index (κ1) is 19.1. The van der Waals surface area contributed by atoms with Crippen molar-refractivity contribution in [3.8, 4) is 0 Å². The van der Waals surface area contributed by atoms with E-state index in [2.05, 4.69) is 65.5 Å². The standard InChI is InChI=1S/C24H28N2OS/c1-16-6-5-7-17(14-16)15-21-22(25-24(28)26-23(21)27)20-12-10-19(11-13-20)18-8-3-2-4-9-18/h2-8,14,18-20H,9-13,15H2,1H3,(H2,25,26,27,28)/t18?,19-,20-. The summed E-state index contributed by atoms with van der Waals surface area (Å²) in [6.45, 7) is 2.09. The molecule has 0 aliphatic heterocycles. The lowest BCUT2D eigenvalue weighted by Crippen LogP contribution is -2.25. The summed E-state index contributed by atoms with van der Waals surface area (Å²) in [4.78, 5) is 18.9. The second-order valence-corrected chi connectivity index (χ2v) is 8.70. The van der Waals surface area contributed by atoms with Gasteiger partial charge in [0, 0.05) is 17.7 Å². The number of nitrogens with one attached hydrogen (secondary N) is 2. The average Bonchev–Trinajstić information content (AvgIpc) is 2.71. The van der Waals surface area contributed by atoms with Crippen molar-refractivity contribution in [2.45, 2.75) is 51.4 Å². The molecule has 0 amide bonds. The molecule has 2 aliphatic carbocycles. The van der Waals surface area contributed by atoms with Crippen molar-refractivity contribution in [1.82, 2.24) is 9.97 Å². The lowest BCUT2D eigenvalue weighted by molar-refractivity contribution is 0.262. The van der Waals surface area contributed by atoms with Crippen LogP contribution in [-0.2, 0) is 6.42 Å². The zero-order valence-corrected chi connectivity index (χ0v) is 17.2. The van der Waals surface area contributed by atoms with E-state index in [0.717, 1.165) is 36.4 Å². The molecule has 0 radical (unpaired) electrons. The fourth-order valence-electron chi connectivity index (χ4n) is 4.87. The summed E-state index contributed by atoms with van der Waals surface area (Å²) in [5.74, 6) is 1.82. The highest BCUT2D eigenvalue weighted by atomic mass is 32.1. The lowest BCUT2D eigenvalue weighted by atomic mass is 9.72. The SMILES string of the molecule is Cc1cccc(Cc2c(=O)[nH]c(=S)[nH]c2[C@H]2CC[C@H](C3C=CC=CC3)CC2)c1. The number of rotatable bonds is 4. The first-order valence-corrected chi connectivity index (χ1v) is 10.7. The number of hydrogen-bond donors (Lipinski definition) is 2. The summed E-state index contributed by atoms with van der Waals surface area (Å²) in [5.41, 5.74) is 4.26. The van der Waals surface area contributed by atoms with Gasteiger partial charge in [-0.3, -0.25) is 9.78 Å². The van der Waals surface area contributed by atoms with Crippen molar-refractivity contribution in [1.29, 1.82) is 0 Å². The van der Waals surface area contributed by atoms with Gasteiger partial charge in [-0.25, -0.2) is 0 Å². The van der Waals surface area contributed by atoms with E-state index in [1.54, 1.807) is 0 Å². The Morgan fingerprint density at radius 1 is 1.11 bits per heavy atom. The van der Waals surface area contributed by atoms with Crippen LogP contribution in [0.15, 0.2) is 53.4 Å². The predicted molar refractivity (Wildman–Crippen MR) is 117 cm³/mol. The monoisotopic (exact) mass is 392 g/mol. The van der Waals surface area contributed by atoms with Crippen LogP contribution in [0.2, 0.25) is 0 Å². The predicted octanol–water partition coefficient (Wildman–Crippen LogP) is 5.74. The summed E-state index contributed by atoms with van der Waals surface area (Å²) in [6, 6.07) is 8.40. The van der Waals surface area contributed by atoms with Gasteiger partial charge in [0.2, 0.25) is 0 Å². The zero-order chi connectivity index (χ0) is 19.5. The van der Waals surface area contributed by atoms with E-state index in [4.69, 9.17) is 12.2 Å². The van der Waals surface area contributed by atoms with Crippen LogP contribution in [-0.4, -0.2) is 9.97 Å². The summed E-state index contributed by atoms with van der Waals surface area (Å²) >= 11 is 5.30. The number of aromatic nitrogens is 2. The van der Waals surface area contributed by atoms with Gasteiger partial charge in [-0.2, -0.15) is 0 Å². The van der Waals surface area contributed by atoms with E-state index < -0.39 is 0 Å². The molecule has 2 aromatic rings. The van der Waals surface area contributed by atoms with Gasteiger partial charge in [0.1, 0.15) is 0 Å². The van der Waals surface area contributed by atoms with Gasteiger partial charge in [0.05, 0.1) is 0 Å². The molecule has 4 rings (SSSR count). The Bertz CT molecular complexity index is 1010. The molecule has 0 saturated heterocycles. The number of allylic oxidation sites excluding steroid dienone is 4. The highest BCUT2D eigenvalue weighted by molar-refractivity contribution is 7.71. The van der Waals surface area contributed by atoms with Crippen LogP contribution < -0.4 is 5.56 Å². The van der Waals surface area contributed by atoms with Crippen LogP contribution in [0.5, 0.6) is 0 Å². The van der Waals surface area contributed by atoms with Gasteiger partial charge in [0.25, 0.3) is 5.56 Å². The van der Waals surface area contributed by atoms with Gasteiger partial charge >= 0.3 is 0 Å². The maximum absolute atomic E-state index is 12.7. The molecular formula is C24H28N2OS. The number of H-pyrrole nitrogens is 2. The molecule has 1 aromatic carbocycles. The molecule has 1 atom stereocenters. The van der Waals surface area contributed by atoms with Crippen LogP contribution in [0.1, 0.15) is 60.4 Å². The highest BCUT2D eigenvalue weighted by Gasteiger charge is 2.29. The molecule has 2 aliphatic rings. The van der Waals surface area contributed by atoms with Crippen molar-refractivity contribution in [2.24, 2.45) is 11.8 Å². The third-order valence-corrected chi connectivity index (χ3v) is 6.54. The maximum Gasteiger partial charge on any atom is 0.255 e. The van der Waals surface area contributed by atoms with Crippen molar-refractivity contribution in [2.75, 3.05) is 0 Å². The molecule has 1 unspecified atom stereocenters. The van der Waals surface area contributed by atoms with Crippen LogP contribution in [0.25, 0.3) is 0 Å². The largest absolute Gasteiger partial charge is 0.335 e. The molecule has 0 bridgehead atoms. The van der Waals surface area contributed by atoms with Crippen LogP contribution in [0.3, 0.4) is 0 Å². The number of aromatic amines is 2. The Hall–Kier alpha value is -2.20. The average molecular weight is 393 g/mol. The first-order chi connectivity index (χ1) is 13.6. The third kappa shape index (κ3) is 4.27. The molecule has 28 heavy (non-hydrogen) atoms. The van der Waals surface area contributed by atoms with Crippen LogP contribution >= 0.6 is 12.2 Å². The van der Waals surface area contributed by atoms with Gasteiger partial charge in [-0.1, -0.05) is 54.1 Å². The zero-order valence-electron chi connectivity index (χ0n) is 16.4. The highest BCUT2D eigenvalue weighted by Crippen LogP contribution is 2.40. The number of benzene rings is 1. The second kappa shape index (κ2) is 8.44. The first-order valence-electron chi connectivity index (χ1n) is 10.3. The van der Waals surface area contributed by atoms with Gasteiger partial charge in [-0.05, 0) is 74.6 Å². The maximum atomic E-state index is 12.7. The molecule has 1 heterocycles. The van der Waals surface area contributed by atoms with E-state index in [1.807, 2.05) is 0 Å². The molecule has 146 valence electrons. The normalized spacial score (nSPS) is 24.4. The van der Waals surface area contributed by atoms with E-state index in [0.29, 0.717) is 23.0 Å². The third-order valence-electron chi connectivity index (χ3n) is 6.34. The Morgan fingerprint density at radius 2 is 1.93 bits per heavy atom. The molecule has 1 fully saturated rings. The minimum atomic E-state index is -0.0391. The van der Waals surface area contributed by atoms with Gasteiger partial charge in [-0.15, -0.1) is 0 Å². The molecule has 1 saturated carbocycles. The Morgan fingerprint density at radius 3 is 2.64 bits per heavy atom. The molecular weight excluding hydrogens is 364 g/mol. The van der Waals surface area contributed by atoms with Crippen molar-refractivity contribution in [3.63, 3.8) is 0 Å². The summed E-state index contributed by atoms with van der Waals surface area (Å²) in [6.07, 6.45) is 15.5. The molecule has 1 aromatic heterocycles. The molecule has 3 nitrogen and oxygen atoms in total. The number of aryl methyl sites for hydroxylation is 1. The topological polar surface area (TPSA) is 48.6 Å². The van der Waals surface area contributed by atoms with Crippen molar-refractivity contribution >= 4 is 12.2 Å². The minimum absolute atomic E-state index is 0.0391. The summed E-state index contributed by atoms with van der Waals surface area (Å²) in [7, 11) is 0. The molecule has 0 spiro atoms. The Kier molecular flexibility index (Phi) is 5.77. The minimum Gasteiger partial charge on any atom is -0.335 e. The summed E-state index contributed by atoms with van der Waals surface area (Å²) < 4.78 is 0.440. The molecule has 2 N–H and O–H groups in total. The van der Waals surface area contributed by atoms with E-state index >= 15 is 0 Å². The quantitative estimate of drug-likeness (QED) is 0.652. The number of hydrogen-bond acceptors (Lipinski definition) is 2. The molecule has 4 heteroatoms. The van der Waals surface area contributed by atoms with E-state index in [-0.39, 0.29) is 5.56 Å². The van der Waals surface area contributed by atoms with Gasteiger partial charge < -0.3 is 4.98 Å². The van der Waals surface area contributed by atoms with Gasteiger partial charge in [0.15, 0.2) is 4.77 Å². The van der Waals surface area contributed by atoms with Crippen molar-refractivity contribution in [3.05, 3.63) is 86.1 Å². The van der Waals surface area contributed by atoms with E-state index in [1.165, 1.54) is 24.0 Å². The second-order valence-electron chi connectivity index (χ2n) is 8.29. The smallest absolute Gasteiger partial charge is 0.255 e. The van der Waals surface area contributed by atoms with Crippen molar-refractivity contribution < 1.29 is 0 Å². The lowest BCUT2D eigenvalue weighted by Gasteiger charge is -2.33. The Labute approximate surface area is 171 Å². The van der Waals surface area contributed by atoms with E-state index in [9.17, 15) is 4.79 Å².